The van der Waals surface area contributed by atoms with Crippen LogP contribution in [0.4, 0.5) is 0 Å². The molecule has 0 spiro atoms. The summed E-state index contributed by atoms with van der Waals surface area (Å²) in [5.74, 6) is 0.508. The van der Waals surface area contributed by atoms with Gasteiger partial charge in [-0.3, -0.25) is 4.79 Å². The van der Waals surface area contributed by atoms with Gasteiger partial charge in [0.2, 0.25) is 5.91 Å². The Bertz CT molecular complexity index is 274. The van der Waals surface area contributed by atoms with Crippen molar-refractivity contribution in [3.8, 4) is 0 Å². The summed E-state index contributed by atoms with van der Waals surface area (Å²) in [7, 11) is 0. The van der Waals surface area contributed by atoms with Crippen LogP contribution in [0.5, 0.6) is 0 Å². The average molecular weight is 226 g/mol. The van der Waals surface area contributed by atoms with Crippen molar-refractivity contribution in [1.29, 1.82) is 0 Å². The Hall–Kier alpha value is -0.610. The van der Waals surface area contributed by atoms with E-state index in [1.165, 1.54) is 0 Å². The summed E-state index contributed by atoms with van der Waals surface area (Å²) in [6, 6.07) is 0. The lowest BCUT2D eigenvalue weighted by molar-refractivity contribution is -0.126. The predicted molar refractivity (Wildman–Crippen MR) is 61.7 cm³/mol. The van der Waals surface area contributed by atoms with E-state index in [2.05, 4.69) is 5.32 Å². The van der Waals surface area contributed by atoms with Crippen molar-refractivity contribution >= 4 is 5.91 Å². The molecule has 3 atom stereocenters. The second-order valence-corrected chi connectivity index (χ2v) is 5.53. The van der Waals surface area contributed by atoms with E-state index in [1.807, 2.05) is 6.92 Å². The molecule has 0 aliphatic heterocycles. The van der Waals surface area contributed by atoms with Gasteiger partial charge >= 0.3 is 0 Å². The van der Waals surface area contributed by atoms with E-state index in [4.69, 9.17) is 5.73 Å². The maximum Gasteiger partial charge on any atom is 0.240 e. The molecule has 4 N–H and O–H groups in total. The lowest BCUT2D eigenvalue weighted by atomic mass is 9.95. The lowest BCUT2D eigenvalue weighted by Gasteiger charge is -2.24. The fourth-order valence-electron chi connectivity index (χ4n) is 2.54. The molecule has 2 rings (SSSR count). The number of carbonyl (C=O) groups is 1. The van der Waals surface area contributed by atoms with Gasteiger partial charge in [0.05, 0.1) is 11.6 Å². The first-order chi connectivity index (χ1) is 7.51. The van der Waals surface area contributed by atoms with Gasteiger partial charge in [-0.1, -0.05) is 6.42 Å². The highest BCUT2D eigenvalue weighted by Gasteiger charge is 2.44. The molecule has 16 heavy (non-hydrogen) atoms. The van der Waals surface area contributed by atoms with Crippen LogP contribution in [-0.4, -0.2) is 29.2 Å². The maximum atomic E-state index is 11.9. The minimum Gasteiger partial charge on any atom is -0.393 e. The van der Waals surface area contributed by atoms with E-state index >= 15 is 0 Å². The van der Waals surface area contributed by atoms with Gasteiger partial charge in [0.15, 0.2) is 0 Å². The Labute approximate surface area is 96.6 Å². The molecule has 1 amide bonds. The number of nitrogens with one attached hydrogen (secondary N) is 1. The number of amides is 1. The smallest absolute Gasteiger partial charge is 0.240 e. The maximum absolute atomic E-state index is 11.9. The highest BCUT2D eigenvalue weighted by Crippen LogP contribution is 2.38. The molecule has 2 fully saturated rings. The predicted octanol–water partition coefficient (Wildman–Crippen LogP) is 0.391. The van der Waals surface area contributed by atoms with Crippen LogP contribution in [0.1, 0.15) is 39.0 Å². The highest BCUT2D eigenvalue weighted by atomic mass is 16.3. The van der Waals surface area contributed by atoms with Gasteiger partial charge < -0.3 is 16.2 Å². The number of hydrogen-bond donors (Lipinski definition) is 3. The Morgan fingerprint density at radius 1 is 1.44 bits per heavy atom. The molecule has 0 aromatic heterocycles. The zero-order chi connectivity index (χ0) is 11.8. The molecule has 4 heteroatoms. The van der Waals surface area contributed by atoms with Crippen LogP contribution in [0.2, 0.25) is 0 Å². The summed E-state index contributed by atoms with van der Waals surface area (Å²) in [5, 5.41) is 12.5. The normalized spacial score (nSPS) is 33.4. The van der Waals surface area contributed by atoms with Gasteiger partial charge in [-0.15, -0.1) is 0 Å². The number of hydrogen-bond acceptors (Lipinski definition) is 3. The number of nitrogens with two attached hydrogens (primary N) is 1. The molecule has 2 aliphatic rings. The molecule has 0 heterocycles. The first-order valence-electron chi connectivity index (χ1n) is 6.27. The van der Waals surface area contributed by atoms with Crippen LogP contribution >= 0.6 is 0 Å². The Balaban J connectivity index is 1.78. The molecule has 0 aromatic rings. The second-order valence-electron chi connectivity index (χ2n) is 5.53. The van der Waals surface area contributed by atoms with E-state index in [-0.39, 0.29) is 17.9 Å². The van der Waals surface area contributed by atoms with Gasteiger partial charge in [-0.25, -0.2) is 0 Å². The molecular weight excluding hydrogens is 204 g/mol. The first-order valence-corrected chi connectivity index (χ1v) is 6.27. The van der Waals surface area contributed by atoms with Gasteiger partial charge in [0.1, 0.15) is 0 Å². The molecule has 92 valence electrons. The van der Waals surface area contributed by atoms with E-state index in [0.717, 1.165) is 32.1 Å². The van der Waals surface area contributed by atoms with Gasteiger partial charge in [-0.05, 0) is 38.5 Å². The van der Waals surface area contributed by atoms with Crippen molar-refractivity contribution < 1.29 is 9.90 Å². The van der Waals surface area contributed by atoms with Crippen molar-refractivity contribution in [2.24, 2.45) is 17.6 Å². The topological polar surface area (TPSA) is 75.4 Å². The molecule has 0 aromatic carbocycles. The molecule has 2 aliphatic carbocycles. The highest BCUT2D eigenvalue weighted by molar-refractivity contribution is 5.86. The number of aliphatic hydroxyl groups excluding tert-OH is 1. The zero-order valence-corrected chi connectivity index (χ0v) is 9.91. The van der Waals surface area contributed by atoms with Crippen molar-refractivity contribution in [2.45, 2.75) is 50.7 Å². The third kappa shape index (κ3) is 2.38. The second kappa shape index (κ2) is 4.34. The number of aliphatic hydroxyl groups is 1. The zero-order valence-electron chi connectivity index (χ0n) is 9.91. The summed E-state index contributed by atoms with van der Waals surface area (Å²) in [6.45, 7) is 2.38. The Kier molecular flexibility index (Phi) is 3.22. The molecule has 0 bridgehead atoms. The molecule has 4 nitrogen and oxygen atoms in total. The quantitative estimate of drug-likeness (QED) is 0.649. The van der Waals surface area contributed by atoms with Gasteiger partial charge in [-0.2, -0.15) is 0 Å². The van der Waals surface area contributed by atoms with Gasteiger partial charge in [0.25, 0.3) is 0 Å². The van der Waals surface area contributed by atoms with Crippen LogP contribution in [0, 0.1) is 11.8 Å². The van der Waals surface area contributed by atoms with Crippen LogP contribution in [0.25, 0.3) is 0 Å². The van der Waals surface area contributed by atoms with E-state index in [1.54, 1.807) is 0 Å². The van der Waals surface area contributed by atoms with E-state index < -0.39 is 5.54 Å². The van der Waals surface area contributed by atoms with E-state index in [9.17, 15) is 9.90 Å². The Morgan fingerprint density at radius 2 is 2.12 bits per heavy atom. The number of rotatable bonds is 4. The third-order valence-corrected chi connectivity index (χ3v) is 4.06. The molecule has 2 saturated carbocycles. The number of carbonyl (C=O) groups excluding carboxylic acids is 1. The van der Waals surface area contributed by atoms with Crippen molar-refractivity contribution in [3.05, 3.63) is 0 Å². The van der Waals surface area contributed by atoms with Crippen molar-refractivity contribution in [3.63, 3.8) is 0 Å². The van der Waals surface area contributed by atoms with Gasteiger partial charge in [0, 0.05) is 12.5 Å². The first kappa shape index (κ1) is 11.9. The average Bonchev–Trinajstić information content (AvgIpc) is 3.01. The Morgan fingerprint density at radius 3 is 2.62 bits per heavy atom. The van der Waals surface area contributed by atoms with Crippen molar-refractivity contribution in [2.75, 3.05) is 6.54 Å². The minimum atomic E-state index is -0.719. The standard InChI is InChI=1S/C12H22N2O2/c1-12(13,9-5-6-9)11(16)14-7-8-3-2-4-10(8)15/h8-10,15H,2-7,13H2,1H3,(H,14,16). The molecular formula is C12H22N2O2. The van der Waals surface area contributed by atoms with Crippen molar-refractivity contribution in [1.82, 2.24) is 5.32 Å². The fraction of sp³-hybridized carbons (Fsp3) is 0.917. The van der Waals surface area contributed by atoms with Crippen LogP contribution < -0.4 is 11.1 Å². The summed E-state index contributed by atoms with van der Waals surface area (Å²) < 4.78 is 0. The van der Waals surface area contributed by atoms with E-state index in [0.29, 0.717) is 12.5 Å². The third-order valence-electron chi connectivity index (χ3n) is 4.06. The summed E-state index contributed by atoms with van der Waals surface area (Å²) in [6.07, 6.45) is 4.81. The molecule has 0 radical (unpaired) electrons. The largest absolute Gasteiger partial charge is 0.393 e. The van der Waals surface area contributed by atoms with Crippen LogP contribution in [0.3, 0.4) is 0 Å². The fourth-order valence-corrected chi connectivity index (χ4v) is 2.54. The molecule has 3 unspecified atom stereocenters. The molecule has 0 saturated heterocycles. The summed E-state index contributed by atoms with van der Waals surface area (Å²) >= 11 is 0. The SMILES string of the molecule is CC(N)(C(=O)NCC1CCCC1O)C1CC1. The summed E-state index contributed by atoms with van der Waals surface area (Å²) in [5.41, 5.74) is 5.29. The lowest BCUT2D eigenvalue weighted by Crippen LogP contribution is -2.54. The minimum absolute atomic E-state index is 0.0610. The summed E-state index contributed by atoms with van der Waals surface area (Å²) in [4.78, 5) is 11.9. The van der Waals surface area contributed by atoms with Crippen LogP contribution in [-0.2, 0) is 4.79 Å². The monoisotopic (exact) mass is 226 g/mol. The van der Waals surface area contributed by atoms with Crippen LogP contribution in [0.15, 0.2) is 0 Å².